The molecule has 1 aromatic rings. The highest BCUT2D eigenvalue weighted by molar-refractivity contribution is 5.27. The maximum atomic E-state index is 13.4. The van der Waals surface area contributed by atoms with E-state index < -0.39 is 0 Å². The second kappa shape index (κ2) is 5.12. The van der Waals surface area contributed by atoms with Crippen LogP contribution in [0, 0.1) is 18.7 Å². The summed E-state index contributed by atoms with van der Waals surface area (Å²) in [6.07, 6.45) is 1.20. The highest BCUT2D eigenvalue weighted by atomic mass is 19.1. The van der Waals surface area contributed by atoms with Gasteiger partial charge >= 0.3 is 0 Å². The molecule has 1 aliphatic heterocycles. The fraction of sp³-hybridized carbons (Fsp3) is 0.538. The molecule has 1 saturated heterocycles. The van der Waals surface area contributed by atoms with Gasteiger partial charge in [0.25, 0.3) is 0 Å². The Kier molecular flexibility index (Phi) is 3.76. The fourth-order valence-corrected chi connectivity index (χ4v) is 2.53. The minimum absolute atomic E-state index is 0.0469. The molecule has 0 spiro atoms. The maximum Gasteiger partial charge on any atom is 0.123 e. The van der Waals surface area contributed by atoms with Crippen LogP contribution in [0.2, 0.25) is 0 Å². The zero-order chi connectivity index (χ0) is 12.4. The number of rotatable bonds is 3. The van der Waals surface area contributed by atoms with Crippen LogP contribution in [0.15, 0.2) is 18.2 Å². The van der Waals surface area contributed by atoms with Crippen molar-refractivity contribution in [3.05, 3.63) is 35.1 Å². The van der Waals surface area contributed by atoms with E-state index in [9.17, 15) is 4.39 Å². The molecule has 1 aliphatic rings. The van der Waals surface area contributed by atoms with E-state index in [0.717, 1.165) is 17.5 Å². The van der Waals surface area contributed by atoms with Gasteiger partial charge in [-0.2, -0.15) is 0 Å². The third-order valence-electron chi connectivity index (χ3n) is 3.30. The normalized spacial score (nSPS) is 26.1. The van der Waals surface area contributed by atoms with E-state index in [2.05, 4.69) is 5.43 Å². The van der Waals surface area contributed by atoms with Crippen LogP contribution in [-0.4, -0.2) is 12.7 Å². The SMILES string of the molecule is Cc1cc(F)cc(C(NN)C2COC(C)C2)c1. The van der Waals surface area contributed by atoms with Gasteiger partial charge in [0, 0.05) is 5.92 Å². The Morgan fingerprint density at radius 2 is 2.24 bits per heavy atom. The van der Waals surface area contributed by atoms with Gasteiger partial charge in [-0.15, -0.1) is 0 Å². The lowest BCUT2D eigenvalue weighted by Crippen LogP contribution is -2.34. The lowest BCUT2D eigenvalue weighted by Gasteiger charge is -2.22. The number of benzene rings is 1. The highest BCUT2D eigenvalue weighted by Gasteiger charge is 2.30. The average molecular weight is 238 g/mol. The number of aryl methyl sites for hydroxylation is 1. The first-order valence-corrected chi connectivity index (χ1v) is 5.95. The molecule has 4 heteroatoms. The quantitative estimate of drug-likeness (QED) is 0.626. The molecule has 1 heterocycles. The summed E-state index contributed by atoms with van der Waals surface area (Å²) in [4.78, 5) is 0. The van der Waals surface area contributed by atoms with Gasteiger partial charge in [-0.05, 0) is 43.5 Å². The number of hydrogen-bond donors (Lipinski definition) is 2. The summed E-state index contributed by atoms with van der Waals surface area (Å²) in [7, 11) is 0. The molecule has 3 atom stereocenters. The average Bonchev–Trinajstić information content (AvgIpc) is 2.64. The molecule has 0 aromatic heterocycles. The summed E-state index contributed by atoms with van der Waals surface area (Å²) in [5, 5.41) is 0. The molecule has 0 bridgehead atoms. The Morgan fingerprint density at radius 1 is 1.47 bits per heavy atom. The summed E-state index contributed by atoms with van der Waals surface area (Å²) in [6, 6.07) is 4.98. The van der Waals surface area contributed by atoms with Crippen LogP contribution < -0.4 is 11.3 Å². The molecule has 0 amide bonds. The molecule has 0 radical (unpaired) electrons. The van der Waals surface area contributed by atoms with Crippen molar-refractivity contribution in [1.82, 2.24) is 5.43 Å². The summed E-state index contributed by atoms with van der Waals surface area (Å²) in [6.45, 7) is 4.60. The van der Waals surface area contributed by atoms with Crippen molar-refractivity contribution < 1.29 is 9.13 Å². The van der Waals surface area contributed by atoms with E-state index in [1.54, 1.807) is 6.07 Å². The number of hydrazine groups is 1. The summed E-state index contributed by atoms with van der Waals surface area (Å²) >= 11 is 0. The van der Waals surface area contributed by atoms with Crippen LogP contribution >= 0.6 is 0 Å². The molecule has 3 N–H and O–H groups in total. The molecule has 3 unspecified atom stereocenters. The van der Waals surface area contributed by atoms with E-state index >= 15 is 0 Å². The molecule has 1 fully saturated rings. The predicted octanol–water partition coefficient (Wildman–Crippen LogP) is 2.06. The molecular formula is C13H19FN2O. The van der Waals surface area contributed by atoms with Crippen LogP contribution in [0.4, 0.5) is 4.39 Å². The Morgan fingerprint density at radius 3 is 2.76 bits per heavy atom. The number of halogens is 1. The lowest BCUT2D eigenvalue weighted by molar-refractivity contribution is 0.117. The number of nitrogens with one attached hydrogen (secondary N) is 1. The Bertz CT molecular complexity index is 377. The number of nitrogens with two attached hydrogens (primary N) is 1. The molecule has 2 rings (SSSR count). The van der Waals surface area contributed by atoms with Gasteiger partial charge in [0.15, 0.2) is 0 Å². The van der Waals surface area contributed by atoms with Crippen LogP contribution in [0.3, 0.4) is 0 Å². The molecule has 0 aliphatic carbocycles. The van der Waals surface area contributed by atoms with E-state index in [1.807, 2.05) is 19.9 Å². The zero-order valence-corrected chi connectivity index (χ0v) is 10.2. The van der Waals surface area contributed by atoms with Crippen LogP contribution in [0.25, 0.3) is 0 Å². The van der Waals surface area contributed by atoms with Crippen molar-refractivity contribution in [1.29, 1.82) is 0 Å². The molecule has 3 nitrogen and oxygen atoms in total. The largest absolute Gasteiger partial charge is 0.378 e. The molecule has 94 valence electrons. The lowest BCUT2D eigenvalue weighted by atomic mass is 9.91. The standard InChI is InChI=1S/C13H19FN2O/c1-8-3-10(6-12(14)4-8)13(16-15)11-5-9(2)17-7-11/h3-4,6,9,11,13,16H,5,7,15H2,1-2H3. The fourth-order valence-electron chi connectivity index (χ4n) is 2.53. The molecule has 17 heavy (non-hydrogen) atoms. The molecular weight excluding hydrogens is 219 g/mol. The van der Waals surface area contributed by atoms with Crippen molar-refractivity contribution in [2.75, 3.05) is 6.61 Å². The van der Waals surface area contributed by atoms with E-state index in [1.165, 1.54) is 6.07 Å². The first kappa shape index (κ1) is 12.5. The van der Waals surface area contributed by atoms with E-state index in [-0.39, 0.29) is 18.0 Å². The molecule has 1 aromatic carbocycles. The van der Waals surface area contributed by atoms with Gasteiger partial charge in [-0.1, -0.05) is 6.07 Å². The first-order chi connectivity index (χ1) is 8.10. The second-order valence-electron chi connectivity index (χ2n) is 4.85. The van der Waals surface area contributed by atoms with Crippen LogP contribution in [0.1, 0.15) is 30.5 Å². The van der Waals surface area contributed by atoms with Crippen molar-refractivity contribution in [2.45, 2.75) is 32.4 Å². The number of hydrogen-bond acceptors (Lipinski definition) is 3. The predicted molar refractivity (Wildman–Crippen MR) is 64.7 cm³/mol. The Hall–Kier alpha value is -0.970. The first-order valence-electron chi connectivity index (χ1n) is 5.95. The third kappa shape index (κ3) is 2.83. The maximum absolute atomic E-state index is 13.4. The van der Waals surface area contributed by atoms with Crippen molar-refractivity contribution >= 4 is 0 Å². The van der Waals surface area contributed by atoms with Crippen molar-refractivity contribution in [3.8, 4) is 0 Å². The van der Waals surface area contributed by atoms with Gasteiger partial charge in [0.1, 0.15) is 5.82 Å². The minimum atomic E-state index is -0.216. The van der Waals surface area contributed by atoms with Gasteiger partial charge in [0.2, 0.25) is 0 Å². The van der Waals surface area contributed by atoms with E-state index in [0.29, 0.717) is 12.5 Å². The summed E-state index contributed by atoms with van der Waals surface area (Å²) in [5.41, 5.74) is 4.59. The van der Waals surface area contributed by atoms with Gasteiger partial charge < -0.3 is 4.74 Å². The van der Waals surface area contributed by atoms with Gasteiger partial charge in [-0.3, -0.25) is 11.3 Å². The molecule has 0 saturated carbocycles. The topological polar surface area (TPSA) is 47.3 Å². The smallest absolute Gasteiger partial charge is 0.123 e. The van der Waals surface area contributed by atoms with Gasteiger partial charge in [-0.25, -0.2) is 4.39 Å². The summed E-state index contributed by atoms with van der Waals surface area (Å²) < 4.78 is 18.9. The van der Waals surface area contributed by atoms with Gasteiger partial charge in [0.05, 0.1) is 18.8 Å². The van der Waals surface area contributed by atoms with Crippen LogP contribution in [-0.2, 0) is 4.74 Å². The van der Waals surface area contributed by atoms with Crippen molar-refractivity contribution in [3.63, 3.8) is 0 Å². The van der Waals surface area contributed by atoms with Crippen molar-refractivity contribution in [2.24, 2.45) is 11.8 Å². The highest BCUT2D eigenvalue weighted by Crippen LogP contribution is 2.31. The Balaban J connectivity index is 2.22. The minimum Gasteiger partial charge on any atom is -0.378 e. The monoisotopic (exact) mass is 238 g/mol. The third-order valence-corrected chi connectivity index (χ3v) is 3.30. The van der Waals surface area contributed by atoms with E-state index in [4.69, 9.17) is 10.6 Å². The second-order valence-corrected chi connectivity index (χ2v) is 4.85. The Labute approximate surface area is 101 Å². The zero-order valence-electron chi connectivity index (χ0n) is 10.2. The summed E-state index contributed by atoms with van der Waals surface area (Å²) in [5.74, 6) is 5.69. The van der Waals surface area contributed by atoms with Crippen LogP contribution in [0.5, 0.6) is 0 Å². The number of ether oxygens (including phenoxy) is 1.